The van der Waals surface area contributed by atoms with Crippen LogP contribution < -0.4 is 5.32 Å². The molecule has 1 aromatic carbocycles. The van der Waals surface area contributed by atoms with Crippen molar-refractivity contribution in [2.24, 2.45) is 0 Å². The molecule has 1 N–H and O–H groups in total. The van der Waals surface area contributed by atoms with Crippen LogP contribution in [-0.4, -0.2) is 22.7 Å². The van der Waals surface area contributed by atoms with Crippen molar-refractivity contribution >= 4 is 39.7 Å². The Bertz CT molecular complexity index is 507. The van der Waals surface area contributed by atoms with E-state index in [0.717, 1.165) is 11.1 Å². The maximum absolute atomic E-state index is 12.0. The van der Waals surface area contributed by atoms with E-state index in [2.05, 4.69) is 5.32 Å². The van der Waals surface area contributed by atoms with Crippen LogP contribution in [0.1, 0.15) is 42.3 Å². The van der Waals surface area contributed by atoms with E-state index < -0.39 is 0 Å². The first kappa shape index (κ1) is 17.8. The van der Waals surface area contributed by atoms with Crippen molar-refractivity contribution < 1.29 is 14.4 Å². The van der Waals surface area contributed by atoms with Crippen LogP contribution in [0.2, 0.25) is 0 Å². The summed E-state index contributed by atoms with van der Waals surface area (Å²) in [5.74, 6) is 0.918. The lowest BCUT2D eigenvalue weighted by Crippen LogP contribution is -2.22. The van der Waals surface area contributed by atoms with Crippen molar-refractivity contribution in [2.75, 3.05) is 6.54 Å². The average molecular weight is 325 g/mol. The van der Waals surface area contributed by atoms with Gasteiger partial charge in [-0.1, -0.05) is 29.6 Å². The zero-order valence-corrected chi connectivity index (χ0v) is 14.0. The highest BCUT2D eigenvalue weighted by atomic mass is 32.2. The molecule has 0 aliphatic carbocycles. The molecule has 0 fully saturated rings. The number of hydrogen-bond acceptors (Lipinski definition) is 5. The van der Waals surface area contributed by atoms with E-state index in [1.807, 2.05) is 13.0 Å². The molecule has 0 bridgehead atoms. The van der Waals surface area contributed by atoms with Crippen LogP contribution in [0.4, 0.5) is 0 Å². The first-order chi connectivity index (χ1) is 9.92. The summed E-state index contributed by atoms with van der Waals surface area (Å²) in [4.78, 5) is 34.1. The van der Waals surface area contributed by atoms with Crippen LogP contribution in [-0.2, 0) is 21.1 Å². The Labute approximate surface area is 133 Å². The first-order valence-corrected chi connectivity index (χ1v) is 8.57. The lowest BCUT2D eigenvalue weighted by atomic mass is 10.1. The Morgan fingerprint density at radius 1 is 0.952 bits per heavy atom. The number of carbonyl (C=O) groups excluding carboxylic acids is 3. The molecule has 0 radical (unpaired) electrons. The molecule has 0 aromatic heterocycles. The number of amides is 1. The van der Waals surface area contributed by atoms with Gasteiger partial charge in [0.15, 0.2) is 10.2 Å². The van der Waals surface area contributed by atoms with Gasteiger partial charge in [-0.05, 0) is 30.2 Å². The predicted octanol–water partition coefficient (Wildman–Crippen LogP) is 3.00. The lowest BCUT2D eigenvalue weighted by Gasteiger charge is -2.09. The molecule has 0 spiro atoms. The molecule has 0 aliphatic rings. The molecule has 6 heteroatoms. The van der Waals surface area contributed by atoms with Gasteiger partial charge in [-0.25, -0.2) is 0 Å². The SMILES string of the molecule is CCNC(=O)c1cc(CSC(C)=O)cc(CSC(C)=O)c1. The molecular weight excluding hydrogens is 306 g/mol. The van der Waals surface area contributed by atoms with E-state index in [4.69, 9.17) is 0 Å². The second-order valence-electron chi connectivity index (χ2n) is 4.46. The number of rotatable bonds is 6. The van der Waals surface area contributed by atoms with Gasteiger partial charge in [0.05, 0.1) is 0 Å². The van der Waals surface area contributed by atoms with E-state index in [1.165, 1.54) is 37.4 Å². The van der Waals surface area contributed by atoms with Crippen LogP contribution >= 0.6 is 23.5 Å². The summed E-state index contributed by atoms with van der Waals surface area (Å²) in [6.07, 6.45) is 0. The van der Waals surface area contributed by atoms with Gasteiger partial charge in [0, 0.05) is 37.5 Å². The Hall–Kier alpha value is -1.27. The largest absolute Gasteiger partial charge is 0.352 e. The number of carbonyl (C=O) groups is 3. The molecule has 1 aromatic rings. The van der Waals surface area contributed by atoms with Crippen molar-refractivity contribution in [3.8, 4) is 0 Å². The summed E-state index contributed by atoms with van der Waals surface area (Å²) < 4.78 is 0. The van der Waals surface area contributed by atoms with Gasteiger partial charge in [-0.2, -0.15) is 0 Å². The van der Waals surface area contributed by atoms with Crippen molar-refractivity contribution in [3.05, 3.63) is 34.9 Å². The third kappa shape index (κ3) is 6.82. The molecule has 114 valence electrons. The summed E-state index contributed by atoms with van der Waals surface area (Å²) in [5.41, 5.74) is 2.40. The average Bonchev–Trinajstić information content (AvgIpc) is 2.43. The minimum atomic E-state index is -0.138. The fourth-order valence-electron chi connectivity index (χ4n) is 1.69. The topological polar surface area (TPSA) is 63.2 Å². The van der Waals surface area contributed by atoms with Gasteiger partial charge in [-0.15, -0.1) is 0 Å². The van der Waals surface area contributed by atoms with Crippen molar-refractivity contribution in [1.29, 1.82) is 0 Å². The van der Waals surface area contributed by atoms with E-state index in [1.54, 1.807) is 12.1 Å². The van der Waals surface area contributed by atoms with Gasteiger partial charge in [0.1, 0.15) is 0 Å². The molecule has 1 amide bonds. The summed E-state index contributed by atoms with van der Waals surface area (Å²) in [7, 11) is 0. The van der Waals surface area contributed by atoms with Gasteiger partial charge >= 0.3 is 0 Å². The third-order valence-electron chi connectivity index (χ3n) is 2.54. The van der Waals surface area contributed by atoms with Crippen LogP contribution in [0.15, 0.2) is 18.2 Å². The predicted molar refractivity (Wildman–Crippen MR) is 88.4 cm³/mol. The summed E-state index contributed by atoms with van der Waals surface area (Å²) in [6.45, 7) is 5.46. The Balaban J connectivity index is 2.97. The van der Waals surface area contributed by atoms with Crippen LogP contribution in [0.25, 0.3) is 0 Å². The molecule has 0 saturated carbocycles. The number of hydrogen-bond donors (Lipinski definition) is 1. The molecule has 0 aliphatic heterocycles. The minimum absolute atomic E-state index is 0.0399. The van der Waals surface area contributed by atoms with Crippen LogP contribution in [0.5, 0.6) is 0 Å². The molecular formula is C15H19NO3S2. The quantitative estimate of drug-likeness (QED) is 0.871. The lowest BCUT2D eigenvalue weighted by molar-refractivity contribution is -0.109. The maximum atomic E-state index is 12.0. The summed E-state index contributed by atoms with van der Waals surface area (Å²) >= 11 is 2.41. The van der Waals surface area contributed by atoms with Gasteiger partial charge in [-0.3, -0.25) is 14.4 Å². The minimum Gasteiger partial charge on any atom is -0.352 e. The second kappa shape index (κ2) is 8.89. The second-order valence-corrected chi connectivity index (χ2v) is 6.76. The molecule has 21 heavy (non-hydrogen) atoms. The molecule has 0 atom stereocenters. The van der Waals surface area contributed by atoms with E-state index in [0.29, 0.717) is 23.6 Å². The normalized spacial score (nSPS) is 10.2. The van der Waals surface area contributed by atoms with Crippen molar-refractivity contribution in [2.45, 2.75) is 32.3 Å². The highest BCUT2D eigenvalue weighted by molar-refractivity contribution is 8.13. The molecule has 1 rings (SSSR count). The fraction of sp³-hybridized carbons (Fsp3) is 0.400. The van der Waals surface area contributed by atoms with E-state index in [9.17, 15) is 14.4 Å². The molecule has 0 saturated heterocycles. The zero-order chi connectivity index (χ0) is 15.8. The number of thioether (sulfide) groups is 2. The fourth-order valence-corrected chi connectivity index (χ4v) is 2.77. The first-order valence-electron chi connectivity index (χ1n) is 6.60. The summed E-state index contributed by atoms with van der Waals surface area (Å²) in [6, 6.07) is 5.53. The number of nitrogens with one attached hydrogen (secondary N) is 1. The third-order valence-corrected chi connectivity index (χ3v) is 4.30. The monoisotopic (exact) mass is 325 g/mol. The molecule has 4 nitrogen and oxygen atoms in total. The van der Waals surface area contributed by atoms with Gasteiger partial charge in [0.2, 0.25) is 0 Å². The van der Waals surface area contributed by atoms with Gasteiger partial charge in [0.25, 0.3) is 5.91 Å². The smallest absolute Gasteiger partial charge is 0.251 e. The van der Waals surface area contributed by atoms with Gasteiger partial charge < -0.3 is 5.32 Å². The van der Waals surface area contributed by atoms with Crippen LogP contribution in [0, 0.1) is 0 Å². The summed E-state index contributed by atoms with van der Waals surface area (Å²) in [5, 5.41) is 2.84. The maximum Gasteiger partial charge on any atom is 0.251 e. The van der Waals surface area contributed by atoms with Crippen molar-refractivity contribution in [3.63, 3.8) is 0 Å². The molecule has 0 heterocycles. The zero-order valence-electron chi connectivity index (χ0n) is 12.4. The Morgan fingerprint density at radius 2 is 1.43 bits per heavy atom. The van der Waals surface area contributed by atoms with E-state index >= 15 is 0 Å². The molecule has 0 unspecified atom stereocenters. The Morgan fingerprint density at radius 3 is 1.81 bits per heavy atom. The highest BCUT2D eigenvalue weighted by Gasteiger charge is 2.09. The standard InChI is InChI=1S/C15H19NO3S2/c1-4-16-15(19)14-6-12(8-20-10(2)17)5-13(7-14)9-21-11(3)18/h5-7H,4,8-9H2,1-3H3,(H,16,19). The van der Waals surface area contributed by atoms with Crippen molar-refractivity contribution in [1.82, 2.24) is 5.32 Å². The highest BCUT2D eigenvalue weighted by Crippen LogP contribution is 2.20. The van der Waals surface area contributed by atoms with Crippen LogP contribution in [0.3, 0.4) is 0 Å². The number of benzene rings is 1. The van der Waals surface area contributed by atoms with E-state index in [-0.39, 0.29) is 16.1 Å². The Kier molecular flexibility index (Phi) is 7.53.